The minimum absolute atomic E-state index is 0.00872. The van der Waals surface area contributed by atoms with Crippen molar-refractivity contribution in [2.75, 3.05) is 11.9 Å². The van der Waals surface area contributed by atoms with Gasteiger partial charge in [0, 0.05) is 11.1 Å². The van der Waals surface area contributed by atoms with Gasteiger partial charge in [-0.2, -0.15) is 0 Å². The van der Waals surface area contributed by atoms with Gasteiger partial charge < -0.3 is 15.4 Å². The van der Waals surface area contributed by atoms with Crippen LogP contribution in [0.3, 0.4) is 0 Å². The van der Waals surface area contributed by atoms with Gasteiger partial charge in [0.05, 0.1) is 24.3 Å². The summed E-state index contributed by atoms with van der Waals surface area (Å²) in [5.74, 6) is 0.280. The minimum Gasteiger partial charge on any atom is -0.494 e. The fourth-order valence-corrected chi connectivity index (χ4v) is 2.58. The Kier molecular flexibility index (Phi) is 7.04. The van der Waals surface area contributed by atoms with Crippen LogP contribution in [0.15, 0.2) is 42.5 Å². The first-order chi connectivity index (χ1) is 12.4. The summed E-state index contributed by atoms with van der Waals surface area (Å²) < 4.78 is 5.39. The number of anilines is 1. The molecule has 2 aromatic rings. The molecule has 0 saturated carbocycles. The fourth-order valence-electron chi connectivity index (χ4n) is 2.41. The SMILES string of the molecule is CCOc1ccc(CC(=O)Nc2cc(Cl)ccc2C(=O)NC(C)C)cc1. The summed E-state index contributed by atoms with van der Waals surface area (Å²) in [4.78, 5) is 24.7. The monoisotopic (exact) mass is 374 g/mol. The molecule has 0 heterocycles. The molecular weight excluding hydrogens is 352 g/mol. The topological polar surface area (TPSA) is 67.4 Å². The average molecular weight is 375 g/mol. The molecule has 0 aliphatic rings. The number of carbonyl (C=O) groups excluding carboxylic acids is 2. The first kappa shape index (κ1) is 19.8. The Morgan fingerprint density at radius 2 is 1.81 bits per heavy atom. The van der Waals surface area contributed by atoms with E-state index in [2.05, 4.69) is 10.6 Å². The zero-order chi connectivity index (χ0) is 19.1. The van der Waals surface area contributed by atoms with Gasteiger partial charge in [-0.3, -0.25) is 9.59 Å². The van der Waals surface area contributed by atoms with Crippen LogP contribution in [-0.4, -0.2) is 24.5 Å². The van der Waals surface area contributed by atoms with Gasteiger partial charge in [-0.1, -0.05) is 23.7 Å². The van der Waals surface area contributed by atoms with Crippen molar-refractivity contribution in [3.63, 3.8) is 0 Å². The number of hydrogen-bond acceptors (Lipinski definition) is 3. The maximum absolute atomic E-state index is 12.4. The normalized spacial score (nSPS) is 10.5. The van der Waals surface area contributed by atoms with Crippen LogP contribution in [0.25, 0.3) is 0 Å². The van der Waals surface area contributed by atoms with Gasteiger partial charge in [-0.05, 0) is 56.7 Å². The van der Waals surface area contributed by atoms with Gasteiger partial charge >= 0.3 is 0 Å². The number of benzene rings is 2. The molecule has 6 heteroatoms. The molecule has 0 aliphatic carbocycles. The summed E-state index contributed by atoms with van der Waals surface area (Å²) in [7, 11) is 0. The van der Waals surface area contributed by atoms with Crippen LogP contribution < -0.4 is 15.4 Å². The standard InChI is InChI=1S/C20H23ClN2O3/c1-4-26-16-8-5-14(6-9-16)11-19(24)23-18-12-15(21)7-10-17(18)20(25)22-13(2)3/h5-10,12-13H,4,11H2,1-3H3,(H,22,25)(H,23,24). The van der Waals surface area contributed by atoms with E-state index in [4.69, 9.17) is 16.3 Å². The molecule has 0 radical (unpaired) electrons. The number of nitrogens with one attached hydrogen (secondary N) is 2. The van der Waals surface area contributed by atoms with Crippen LogP contribution in [0.1, 0.15) is 36.7 Å². The van der Waals surface area contributed by atoms with Crippen molar-refractivity contribution < 1.29 is 14.3 Å². The summed E-state index contributed by atoms with van der Waals surface area (Å²) in [6, 6.07) is 12.1. The summed E-state index contributed by atoms with van der Waals surface area (Å²) in [5, 5.41) is 6.04. The lowest BCUT2D eigenvalue weighted by Gasteiger charge is -2.14. The van der Waals surface area contributed by atoms with Gasteiger partial charge in [0.15, 0.2) is 0 Å². The van der Waals surface area contributed by atoms with Gasteiger partial charge in [0.1, 0.15) is 5.75 Å². The van der Waals surface area contributed by atoms with Crippen molar-refractivity contribution in [2.24, 2.45) is 0 Å². The van der Waals surface area contributed by atoms with Crippen LogP contribution in [0.2, 0.25) is 5.02 Å². The first-order valence-corrected chi connectivity index (χ1v) is 8.88. The molecule has 0 aliphatic heterocycles. The molecule has 0 spiro atoms. The molecule has 0 aromatic heterocycles. The van der Waals surface area contributed by atoms with E-state index < -0.39 is 0 Å². The fraction of sp³-hybridized carbons (Fsp3) is 0.300. The van der Waals surface area contributed by atoms with Crippen LogP contribution in [0.4, 0.5) is 5.69 Å². The van der Waals surface area contributed by atoms with Crippen LogP contribution in [0, 0.1) is 0 Å². The maximum Gasteiger partial charge on any atom is 0.253 e. The second kappa shape index (κ2) is 9.25. The second-order valence-electron chi connectivity index (χ2n) is 6.12. The van der Waals surface area contributed by atoms with Gasteiger partial charge in [-0.15, -0.1) is 0 Å². The Balaban J connectivity index is 2.10. The molecule has 2 amide bonds. The third kappa shape index (κ3) is 5.77. The van der Waals surface area contributed by atoms with Gasteiger partial charge in [-0.25, -0.2) is 0 Å². The van der Waals surface area contributed by atoms with Crippen molar-refractivity contribution in [1.82, 2.24) is 5.32 Å². The predicted octanol–water partition coefficient (Wildman–Crippen LogP) is 4.06. The average Bonchev–Trinajstić information content (AvgIpc) is 2.56. The van der Waals surface area contributed by atoms with E-state index in [9.17, 15) is 9.59 Å². The zero-order valence-corrected chi connectivity index (χ0v) is 15.9. The van der Waals surface area contributed by atoms with Crippen molar-refractivity contribution >= 4 is 29.1 Å². The zero-order valence-electron chi connectivity index (χ0n) is 15.1. The molecule has 138 valence electrons. The highest BCUT2D eigenvalue weighted by Crippen LogP contribution is 2.22. The number of ether oxygens (including phenoxy) is 1. The minimum atomic E-state index is -0.256. The van der Waals surface area contributed by atoms with Gasteiger partial charge in [0.2, 0.25) is 5.91 Å². The molecule has 2 rings (SSSR count). The number of carbonyl (C=O) groups is 2. The Bertz CT molecular complexity index is 773. The molecule has 0 bridgehead atoms. The summed E-state index contributed by atoms with van der Waals surface area (Å²) >= 11 is 6.02. The van der Waals surface area contributed by atoms with Crippen molar-refractivity contribution in [3.8, 4) is 5.75 Å². The molecule has 0 atom stereocenters. The highest BCUT2D eigenvalue weighted by Gasteiger charge is 2.15. The molecule has 2 aromatic carbocycles. The predicted molar refractivity (Wildman–Crippen MR) is 104 cm³/mol. The molecule has 0 unspecified atom stereocenters. The molecule has 0 fully saturated rings. The largest absolute Gasteiger partial charge is 0.494 e. The third-order valence-corrected chi connectivity index (χ3v) is 3.75. The maximum atomic E-state index is 12.4. The molecular formula is C20H23ClN2O3. The summed E-state index contributed by atoms with van der Waals surface area (Å²) in [5.41, 5.74) is 1.62. The molecule has 26 heavy (non-hydrogen) atoms. The van der Waals surface area contributed by atoms with Crippen LogP contribution in [0.5, 0.6) is 5.75 Å². The Morgan fingerprint density at radius 1 is 1.12 bits per heavy atom. The van der Waals surface area contributed by atoms with Gasteiger partial charge in [0.25, 0.3) is 5.91 Å². The second-order valence-corrected chi connectivity index (χ2v) is 6.56. The summed E-state index contributed by atoms with van der Waals surface area (Å²) in [6.45, 7) is 6.26. The van der Waals surface area contributed by atoms with E-state index in [0.717, 1.165) is 11.3 Å². The van der Waals surface area contributed by atoms with Crippen LogP contribution >= 0.6 is 11.6 Å². The molecule has 0 saturated heterocycles. The summed E-state index contributed by atoms with van der Waals surface area (Å²) in [6.07, 6.45) is 0.185. The van der Waals surface area contributed by atoms with E-state index in [-0.39, 0.29) is 24.3 Å². The third-order valence-electron chi connectivity index (χ3n) is 3.52. The molecule has 2 N–H and O–H groups in total. The number of hydrogen-bond donors (Lipinski definition) is 2. The van der Waals surface area contributed by atoms with E-state index in [1.54, 1.807) is 18.2 Å². The lowest BCUT2D eigenvalue weighted by molar-refractivity contribution is -0.115. The van der Waals surface area contributed by atoms with Crippen LogP contribution in [-0.2, 0) is 11.2 Å². The number of rotatable bonds is 7. The van der Waals surface area contributed by atoms with Crippen molar-refractivity contribution in [3.05, 3.63) is 58.6 Å². The Hall–Kier alpha value is -2.53. The number of amides is 2. The first-order valence-electron chi connectivity index (χ1n) is 8.51. The Morgan fingerprint density at radius 3 is 2.42 bits per heavy atom. The smallest absolute Gasteiger partial charge is 0.253 e. The van der Waals surface area contributed by atoms with E-state index in [0.29, 0.717) is 22.9 Å². The lowest BCUT2D eigenvalue weighted by Crippen LogP contribution is -2.31. The van der Waals surface area contributed by atoms with E-state index in [1.165, 1.54) is 0 Å². The Labute approximate surface area is 158 Å². The lowest BCUT2D eigenvalue weighted by atomic mass is 10.1. The van der Waals surface area contributed by atoms with Crippen molar-refractivity contribution in [2.45, 2.75) is 33.2 Å². The quantitative estimate of drug-likeness (QED) is 0.768. The number of halogens is 1. The van der Waals surface area contributed by atoms with E-state index in [1.807, 2.05) is 45.0 Å². The highest BCUT2D eigenvalue weighted by atomic mass is 35.5. The van der Waals surface area contributed by atoms with E-state index >= 15 is 0 Å². The highest BCUT2D eigenvalue weighted by molar-refractivity contribution is 6.31. The molecule has 5 nitrogen and oxygen atoms in total. The van der Waals surface area contributed by atoms with Crippen molar-refractivity contribution in [1.29, 1.82) is 0 Å².